The molecule has 0 radical (unpaired) electrons. The summed E-state index contributed by atoms with van der Waals surface area (Å²) in [6, 6.07) is 4.51. The van der Waals surface area contributed by atoms with E-state index in [9.17, 15) is 28.8 Å². The fourth-order valence-corrected chi connectivity index (χ4v) is 16.7. The SMILES string of the molecule is C=CC(=O)OCC1CC2CC1C1CC(COC(=O)c3ccc(C(=O)OCC4CC5CC4C4CC(COC(=O)C(=C)C)CC54)cc3C(=O)OCC3CC4C5CC(COC(=O)C(=C)C)C(C5)C4C3)CC21. The Morgan fingerprint density at radius 3 is 1.29 bits per heavy atom. The first-order chi connectivity index (χ1) is 32.7. The van der Waals surface area contributed by atoms with E-state index >= 15 is 0 Å². The lowest BCUT2D eigenvalue weighted by Crippen LogP contribution is -2.28. The first kappa shape index (κ1) is 47.0. The number of ether oxygens (including phenoxy) is 6. The quantitative estimate of drug-likeness (QED) is 0.0783. The van der Waals surface area contributed by atoms with Crippen molar-refractivity contribution in [1.29, 1.82) is 0 Å². The maximum atomic E-state index is 14.2. The molecule has 68 heavy (non-hydrogen) atoms. The van der Waals surface area contributed by atoms with Gasteiger partial charge in [0.2, 0.25) is 0 Å². The van der Waals surface area contributed by atoms with Crippen molar-refractivity contribution in [3.05, 3.63) is 71.8 Å². The van der Waals surface area contributed by atoms with Crippen molar-refractivity contribution in [2.24, 2.45) is 107 Å². The van der Waals surface area contributed by atoms with Crippen LogP contribution in [0.3, 0.4) is 0 Å². The number of esters is 6. The molecular formula is C56H70O12. The Labute approximate surface area is 400 Å². The predicted octanol–water partition coefficient (Wildman–Crippen LogP) is 9.02. The summed E-state index contributed by atoms with van der Waals surface area (Å²) in [6.07, 6.45) is 13.7. The van der Waals surface area contributed by atoms with E-state index in [4.69, 9.17) is 28.4 Å². The van der Waals surface area contributed by atoms with E-state index in [2.05, 4.69) is 19.7 Å². The zero-order valence-electron chi connectivity index (χ0n) is 39.9. The largest absolute Gasteiger partial charge is 0.462 e. The Bertz CT molecular complexity index is 2230. The van der Waals surface area contributed by atoms with E-state index in [1.54, 1.807) is 19.9 Å². The van der Waals surface area contributed by atoms with Crippen LogP contribution in [0, 0.1) is 107 Å². The smallest absolute Gasteiger partial charge is 0.339 e. The lowest BCUT2D eigenvalue weighted by atomic mass is 9.76. The van der Waals surface area contributed by atoms with Crippen molar-refractivity contribution >= 4 is 35.8 Å². The third-order valence-electron chi connectivity index (χ3n) is 19.3. The summed E-state index contributed by atoms with van der Waals surface area (Å²) in [4.78, 5) is 77.9. The van der Waals surface area contributed by atoms with E-state index in [1.807, 2.05) is 0 Å². The molecule has 12 nitrogen and oxygen atoms in total. The van der Waals surface area contributed by atoms with Gasteiger partial charge in [0, 0.05) is 17.2 Å². The standard InChI is InChI=1S/C56H70O12/c1-6-51(57)63-25-37-15-34-19-44(37)47-13-31(10-42(34)47)23-65-55(61)40-8-7-33(54(60)68-27-39-17-36-21-46(39)48-12-30(9-41(36)48)22-64-52(58)28(2)3)18-50(40)56(62)66-24-32-11-43-35-16-38(26-67-53(59)29(4)5)45(20-35)49(43)14-32/h6-8,18,30-32,34-39,41-49H,1-2,4,9-17,19-27H2,3,5H3. The second-order valence-corrected chi connectivity index (χ2v) is 23.1. The number of benzene rings is 1. The average molecular weight is 935 g/mol. The molecule has 0 amide bonds. The maximum absolute atomic E-state index is 14.2. The van der Waals surface area contributed by atoms with Crippen molar-refractivity contribution in [3.63, 3.8) is 0 Å². The average Bonchev–Trinajstić information content (AvgIpc) is 4.19. The van der Waals surface area contributed by atoms with Crippen LogP contribution in [0.25, 0.3) is 0 Å². The van der Waals surface area contributed by atoms with Crippen molar-refractivity contribution in [3.8, 4) is 0 Å². The van der Waals surface area contributed by atoms with Crippen LogP contribution in [0.15, 0.2) is 55.2 Å². The fourth-order valence-electron chi connectivity index (χ4n) is 16.7. The van der Waals surface area contributed by atoms with Crippen LogP contribution in [0.5, 0.6) is 0 Å². The molecule has 0 aromatic heterocycles. The van der Waals surface area contributed by atoms with Crippen LogP contribution in [0.1, 0.15) is 122 Å². The van der Waals surface area contributed by atoms with Crippen LogP contribution in [0.4, 0.5) is 0 Å². The predicted molar refractivity (Wildman–Crippen MR) is 248 cm³/mol. The highest BCUT2D eigenvalue weighted by Gasteiger charge is 2.58. The van der Waals surface area contributed by atoms with Gasteiger partial charge >= 0.3 is 35.8 Å². The van der Waals surface area contributed by atoms with Crippen LogP contribution in [0.2, 0.25) is 0 Å². The monoisotopic (exact) mass is 934 g/mol. The summed E-state index contributed by atoms with van der Waals surface area (Å²) in [5.74, 6) is 5.28. The molecule has 0 N–H and O–H groups in total. The molecule has 0 saturated heterocycles. The molecule has 6 bridgehead atoms. The highest BCUT2D eigenvalue weighted by atomic mass is 16.6. The van der Waals surface area contributed by atoms with Crippen LogP contribution in [-0.2, 0) is 42.8 Å². The van der Waals surface area contributed by atoms with E-state index in [-0.39, 0.29) is 72.2 Å². The van der Waals surface area contributed by atoms with Crippen LogP contribution >= 0.6 is 0 Å². The van der Waals surface area contributed by atoms with Gasteiger partial charge in [-0.15, -0.1) is 0 Å². The molecule has 0 heterocycles. The van der Waals surface area contributed by atoms with Gasteiger partial charge in [0.1, 0.15) is 0 Å². The molecule has 9 aliphatic rings. The molecule has 0 spiro atoms. The lowest BCUT2D eigenvalue weighted by molar-refractivity contribution is -0.141. The second-order valence-electron chi connectivity index (χ2n) is 23.1. The third-order valence-corrected chi connectivity index (χ3v) is 19.3. The number of hydrogen-bond donors (Lipinski definition) is 0. The number of rotatable bonds is 18. The maximum Gasteiger partial charge on any atom is 0.339 e. The van der Waals surface area contributed by atoms with Crippen molar-refractivity contribution < 1.29 is 57.2 Å². The van der Waals surface area contributed by atoms with Crippen molar-refractivity contribution in [1.82, 2.24) is 0 Å². The molecule has 18 unspecified atom stereocenters. The molecule has 366 valence electrons. The summed E-state index contributed by atoms with van der Waals surface area (Å²) in [7, 11) is 0. The molecule has 1 aromatic rings. The highest BCUT2D eigenvalue weighted by molar-refractivity contribution is 6.05. The van der Waals surface area contributed by atoms with Crippen LogP contribution < -0.4 is 0 Å². The summed E-state index contributed by atoms with van der Waals surface area (Å²) in [5, 5.41) is 0. The van der Waals surface area contributed by atoms with Gasteiger partial charge in [0.15, 0.2) is 0 Å². The Morgan fingerprint density at radius 1 is 0.456 bits per heavy atom. The molecule has 12 heteroatoms. The van der Waals surface area contributed by atoms with E-state index in [1.165, 1.54) is 18.2 Å². The van der Waals surface area contributed by atoms with Gasteiger partial charge in [0.25, 0.3) is 0 Å². The van der Waals surface area contributed by atoms with Gasteiger partial charge in [-0.25, -0.2) is 28.8 Å². The van der Waals surface area contributed by atoms with Gasteiger partial charge < -0.3 is 28.4 Å². The molecule has 1 aromatic carbocycles. The normalized spacial score (nSPS) is 38.3. The van der Waals surface area contributed by atoms with Gasteiger partial charge in [-0.05, 0) is 216 Å². The van der Waals surface area contributed by atoms with Crippen molar-refractivity contribution in [2.45, 2.75) is 90.9 Å². The van der Waals surface area contributed by atoms with E-state index in [0.29, 0.717) is 120 Å². The Morgan fingerprint density at radius 2 is 0.838 bits per heavy atom. The Balaban J connectivity index is 0.770. The first-order valence-corrected chi connectivity index (χ1v) is 25.8. The highest BCUT2D eigenvalue weighted by Crippen LogP contribution is 2.64. The van der Waals surface area contributed by atoms with E-state index in [0.717, 1.165) is 77.0 Å². The Kier molecular flexibility index (Phi) is 13.3. The Hall–Kier alpha value is -4.74. The first-order valence-electron chi connectivity index (χ1n) is 25.8. The number of carbonyl (C=O) groups excluding carboxylic acids is 6. The van der Waals surface area contributed by atoms with Gasteiger partial charge in [0.05, 0.1) is 56.3 Å². The number of fused-ring (bicyclic) bond motifs is 15. The number of carbonyl (C=O) groups is 6. The van der Waals surface area contributed by atoms with Gasteiger partial charge in [-0.3, -0.25) is 0 Å². The van der Waals surface area contributed by atoms with Crippen LogP contribution in [-0.4, -0.2) is 75.5 Å². The summed E-state index contributed by atoms with van der Waals surface area (Å²) in [6.45, 7) is 16.3. The zero-order valence-corrected chi connectivity index (χ0v) is 39.9. The third kappa shape index (κ3) is 9.11. The minimum atomic E-state index is -0.657. The van der Waals surface area contributed by atoms with E-state index < -0.39 is 17.9 Å². The fraction of sp³-hybridized carbons (Fsp3) is 0.679. The molecular weight excluding hydrogens is 865 g/mol. The second kappa shape index (κ2) is 19.2. The lowest BCUT2D eigenvalue weighted by Gasteiger charge is -2.31. The molecule has 10 rings (SSSR count). The minimum absolute atomic E-state index is 0.00691. The van der Waals surface area contributed by atoms with Gasteiger partial charge in [-0.2, -0.15) is 0 Å². The minimum Gasteiger partial charge on any atom is -0.462 e. The molecule has 9 fully saturated rings. The summed E-state index contributed by atoms with van der Waals surface area (Å²) >= 11 is 0. The number of hydrogen-bond acceptors (Lipinski definition) is 12. The summed E-state index contributed by atoms with van der Waals surface area (Å²) < 4.78 is 34.6. The van der Waals surface area contributed by atoms with Gasteiger partial charge in [-0.1, -0.05) is 19.7 Å². The topological polar surface area (TPSA) is 158 Å². The van der Waals surface area contributed by atoms with Crippen molar-refractivity contribution in [2.75, 3.05) is 39.6 Å². The molecule has 18 atom stereocenters. The molecule has 9 aliphatic carbocycles. The zero-order chi connectivity index (χ0) is 47.5. The molecule has 0 aliphatic heterocycles. The molecule has 9 saturated carbocycles. The summed E-state index contributed by atoms with van der Waals surface area (Å²) in [5.41, 5.74) is 1.09.